The summed E-state index contributed by atoms with van der Waals surface area (Å²) in [7, 11) is 0. The van der Waals surface area contributed by atoms with Crippen LogP contribution < -0.4 is 0 Å². The lowest BCUT2D eigenvalue weighted by Crippen LogP contribution is -2.03. The highest BCUT2D eigenvalue weighted by molar-refractivity contribution is 6.11. The Bertz CT molecular complexity index is 4050. The van der Waals surface area contributed by atoms with E-state index in [-0.39, 0.29) is 57.8 Å². The number of hydrogen-bond donors (Lipinski definition) is 0. The van der Waals surface area contributed by atoms with E-state index >= 15 is 0 Å². The van der Waals surface area contributed by atoms with Crippen LogP contribution in [0.25, 0.3) is 117 Å². The zero-order chi connectivity index (χ0) is 47.1. The molecular weight excluding hydrogens is 759 g/mol. The van der Waals surface area contributed by atoms with Crippen LogP contribution in [0.5, 0.6) is 0 Å². The molecule has 0 aliphatic carbocycles. The summed E-state index contributed by atoms with van der Waals surface area (Å²) in [6.45, 7) is 0. The standard InChI is InChI=1S/C56H35N5O/c1-2-13-36(14-3-1)39-30-31-52-48(34-39)46-22-11-21-43(53(46)62-52)40-15-10-16-41(33-40)55-58-54(38-28-26-37(27-29-38)42-17-12-32-57-35-42)59-56(60-55)47-20-6-9-25-51(47)61-49-23-7-4-18-44(49)45-19-5-8-24-50(45)61/h1-35H/i4D,5D,7D,18D,19D,23D,24D. The molecule has 0 amide bonds. The fourth-order valence-electron chi connectivity index (χ4n) is 8.33. The normalized spacial score (nSPS) is 13.1. The number of rotatable bonds is 7. The Kier molecular flexibility index (Phi) is 6.82. The van der Waals surface area contributed by atoms with Crippen molar-refractivity contribution in [3.05, 3.63) is 212 Å². The van der Waals surface area contributed by atoms with E-state index in [9.17, 15) is 1.37 Å². The molecule has 6 heteroatoms. The first-order chi connectivity index (χ1) is 33.6. The van der Waals surface area contributed by atoms with Gasteiger partial charge in [-0.25, -0.2) is 15.0 Å². The Morgan fingerprint density at radius 2 is 1.08 bits per heavy atom. The zero-order valence-electron chi connectivity index (χ0n) is 39.8. The van der Waals surface area contributed by atoms with Gasteiger partial charge in [0.05, 0.1) is 26.3 Å². The van der Waals surface area contributed by atoms with Gasteiger partial charge in [-0.1, -0.05) is 152 Å². The van der Waals surface area contributed by atoms with Gasteiger partial charge in [-0.15, -0.1) is 0 Å². The first-order valence-corrected chi connectivity index (χ1v) is 20.1. The molecule has 4 aromatic heterocycles. The molecular formula is C56H35N5O. The van der Waals surface area contributed by atoms with E-state index in [1.165, 1.54) is 6.07 Å². The molecule has 62 heavy (non-hydrogen) atoms. The van der Waals surface area contributed by atoms with E-state index in [0.717, 1.165) is 55.3 Å². The summed E-state index contributed by atoms with van der Waals surface area (Å²) in [5.74, 6) is 0.996. The fraction of sp³-hybridized carbons (Fsp3) is 0. The Morgan fingerprint density at radius 3 is 1.95 bits per heavy atom. The van der Waals surface area contributed by atoms with Gasteiger partial charge in [0.15, 0.2) is 17.5 Å². The van der Waals surface area contributed by atoms with E-state index < -0.39 is 12.1 Å². The quantitative estimate of drug-likeness (QED) is 0.161. The third-order valence-electron chi connectivity index (χ3n) is 11.3. The number of furan rings is 1. The number of aromatic nitrogens is 5. The summed E-state index contributed by atoms with van der Waals surface area (Å²) < 4.78 is 70.3. The van der Waals surface area contributed by atoms with E-state index in [2.05, 4.69) is 35.3 Å². The van der Waals surface area contributed by atoms with E-state index in [4.69, 9.17) is 27.6 Å². The van der Waals surface area contributed by atoms with Crippen LogP contribution in [0.3, 0.4) is 0 Å². The van der Waals surface area contributed by atoms with Crippen molar-refractivity contribution >= 4 is 43.7 Å². The van der Waals surface area contributed by atoms with Crippen LogP contribution in [0.2, 0.25) is 0 Å². The summed E-state index contributed by atoms with van der Waals surface area (Å²) in [6, 6.07) is 48.6. The van der Waals surface area contributed by atoms with Gasteiger partial charge in [0, 0.05) is 56.2 Å². The molecule has 8 aromatic carbocycles. The second kappa shape index (κ2) is 14.7. The van der Waals surface area contributed by atoms with Crippen molar-refractivity contribution in [2.75, 3.05) is 0 Å². The molecule has 0 saturated carbocycles. The van der Waals surface area contributed by atoms with Crippen molar-refractivity contribution in [2.24, 2.45) is 0 Å². The van der Waals surface area contributed by atoms with Crippen molar-refractivity contribution in [3.8, 4) is 73.2 Å². The van der Waals surface area contributed by atoms with E-state index in [0.29, 0.717) is 34.0 Å². The van der Waals surface area contributed by atoms with Crippen molar-refractivity contribution in [1.82, 2.24) is 24.5 Å². The molecule has 6 nitrogen and oxygen atoms in total. The maximum Gasteiger partial charge on any atom is 0.166 e. The van der Waals surface area contributed by atoms with Crippen LogP contribution in [0.4, 0.5) is 0 Å². The molecule has 0 radical (unpaired) electrons. The first kappa shape index (κ1) is 28.9. The Labute approximate surface area is 366 Å². The van der Waals surface area contributed by atoms with Gasteiger partial charge in [-0.3, -0.25) is 4.98 Å². The monoisotopic (exact) mass is 800 g/mol. The Morgan fingerprint density at radius 1 is 0.419 bits per heavy atom. The van der Waals surface area contributed by atoms with Crippen LogP contribution in [-0.2, 0) is 0 Å². The first-order valence-electron chi connectivity index (χ1n) is 23.6. The van der Waals surface area contributed by atoms with Crippen molar-refractivity contribution < 1.29 is 14.0 Å². The molecule has 0 aliphatic heterocycles. The van der Waals surface area contributed by atoms with Gasteiger partial charge in [0.25, 0.3) is 0 Å². The van der Waals surface area contributed by atoms with E-state index in [1.807, 2.05) is 109 Å². The Hall–Kier alpha value is -8.48. The van der Waals surface area contributed by atoms with Crippen molar-refractivity contribution in [2.45, 2.75) is 0 Å². The molecule has 290 valence electrons. The Balaban J connectivity index is 1.06. The summed E-state index contributed by atoms with van der Waals surface area (Å²) >= 11 is 0. The van der Waals surface area contributed by atoms with Gasteiger partial charge in [0.1, 0.15) is 11.2 Å². The number of pyridine rings is 1. The number of hydrogen-bond acceptors (Lipinski definition) is 5. The minimum atomic E-state index is -0.474. The molecule has 0 aliphatic rings. The predicted octanol–water partition coefficient (Wildman–Crippen LogP) is 14.3. The van der Waals surface area contributed by atoms with Gasteiger partial charge in [0.2, 0.25) is 0 Å². The summed E-state index contributed by atoms with van der Waals surface area (Å²) in [5, 5.41) is 2.14. The summed E-state index contributed by atoms with van der Waals surface area (Å²) in [6.07, 6.45) is 3.53. The van der Waals surface area contributed by atoms with Crippen molar-refractivity contribution in [1.29, 1.82) is 0 Å². The molecule has 0 saturated heterocycles. The van der Waals surface area contributed by atoms with Crippen LogP contribution in [0, 0.1) is 0 Å². The second-order valence-electron chi connectivity index (χ2n) is 14.9. The molecule has 12 rings (SSSR count). The lowest BCUT2D eigenvalue weighted by molar-refractivity contribution is 0.670. The number of nitrogens with zero attached hydrogens (tertiary/aromatic N) is 5. The van der Waals surface area contributed by atoms with Gasteiger partial charge in [-0.05, 0) is 76.3 Å². The van der Waals surface area contributed by atoms with Gasteiger partial charge >= 0.3 is 0 Å². The minimum absolute atomic E-state index is 0.0528. The second-order valence-corrected chi connectivity index (χ2v) is 14.9. The summed E-state index contributed by atoms with van der Waals surface area (Å²) in [4.78, 5) is 19.7. The smallest absolute Gasteiger partial charge is 0.166 e. The number of para-hydroxylation sites is 4. The van der Waals surface area contributed by atoms with Gasteiger partial charge < -0.3 is 8.98 Å². The number of benzene rings is 8. The van der Waals surface area contributed by atoms with Crippen LogP contribution in [0.1, 0.15) is 9.60 Å². The molecule has 0 spiro atoms. The lowest BCUT2D eigenvalue weighted by atomic mass is 9.99. The highest BCUT2D eigenvalue weighted by Crippen LogP contribution is 2.40. The maximum absolute atomic E-state index is 9.18. The molecule has 0 atom stereocenters. The molecule has 0 unspecified atom stereocenters. The topological polar surface area (TPSA) is 69.6 Å². The molecule has 4 heterocycles. The molecule has 0 fully saturated rings. The summed E-state index contributed by atoms with van der Waals surface area (Å²) in [5.41, 5.74) is 9.96. The van der Waals surface area contributed by atoms with E-state index in [1.54, 1.807) is 29.1 Å². The predicted molar refractivity (Wildman–Crippen MR) is 252 cm³/mol. The average molecular weight is 801 g/mol. The van der Waals surface area contributed by atoms with Crippen LogP contribution in [0.15, 0.2) is 217 Å². The molecule has 12 aromatic rings. The number of fused-ring (bicyclic) bond motifs is 6. The fourth-order valence-corrected chi connectivity index (χ4v) is 8.33. The molecule has 0 N–H and O–H groups in total. The van der Waals surface area contributed by atoms with Crippen LogP contribution in [-0.4, -0.2) is 24.5 Å². The van der Waals surface area contributed by atoms with Crippen molar-refractivity contribution in [3.63, 3.8) is 0 Å². The maximum atomic E-state index is 9.18. The zero-order valence-corrected chi connectivity index (χ0v) is 32.8. The average Bonchev–Trinajstić information content (AvgIpc) is 3.97. The molecule has 0 bridgehead atoms. The highest BCUT2D eigenvalue weighted by Gasteiger charge is 2.20. The van der Waals surface area contributed by atoms with Gasteiger partial charge in [-0.2, -0.15) is 0 Å². The SMILES string of the molecule is [2H]c1cc([2H])c2c(c1[2H])c1c([2H])c([2H])c([2H])c([2H])c1n2-c1ccccc1-c1nc(-c2ccc(-c3cccnc3)cc2)nc(-c2cccc(-c3cccc4c3oc3ccc(-c5ccccc5)cc34)c2)n1. The van der Waals surface area contributed by atoms with Crippen LogP contribution >= 0.6 is 0 Å². The largest absolute Gasteiger partial charge is 0.455 e. The lowest BCUT2D eigenvalue weighted by Gasteiger charge is -2.15. The highest BCUT2D eigenvalue weighted by atomic mass is 16.3. The third kappa shape index (κ3) is 6.04. The third-order valence-corrected chi connectivity index (χ3v) is 11.3. The minimum Gasteiger partial charge on any atom is -0.455 e.